The zero-order valence-electron chi connectivity index (χ0n) is 31.1. The first-order chi connectivity index (χ1) is 28.3. The molecule has 0 N–H and O–H groups in total. The van der Waals surface area contributed by atoms with Crippen LogP contribution < -0.4 is 9.31 Å². The van der Waals surface area contributed by atoms with E-state index in [-0.39, 0.29) is 0 Å². The number of nitrogens with zero attached hydrogens (tertiary/aromatic N) is 2. The van der Waals surface area contributed by atoms with Gasteiger partial charge in [0.15, 0.2) is 0 Å². The van der Waals surface area contributed by atoms with Crippen LogP contribution in [0, 0.1) is 0 Å². The van der Waals surface area contributed by atoms with Crippen LogP contribution >= 0.6 is 0 Å². The van der Waals surface area contributed by atoms with Crippen LogP contribution in [0.5, 0.6) is 11.5 Å². The maximum atomic E-state index is 6.02. The summed E-state index contributed by atoms with van der Waals surface area (Å²) in [6.07, 6.45) is 0. The Bertz CT molecular complexity index is 2740. The molecule has 0 aliphatic heterocycles. The van der Waals surface area contributed by atoms with E-state index in [4.69, 9.17) is 9.31 Å². The third-order valence-electron chi connectivity index (χ3n) is 10.5. The average Bonchev–Trinajstić information content (AvgIpc) is 3.82. The lowest BCUT2D eigenvalue weighted by Gasteiger charge is -2.15. The van der Waals surface area contributed by atoms with Crippen molar-refractivity contribution in [3.63, 3.8) is 0 Å². The summed E-state index contributed by atoms with van der Waals surface area (Å²) in [6.45, 7) is 0. The standard InChI is InChI=1S/C52H36BN2O2/c1-5-17-37(18-6-1)49-45-25-13-15-27-47(45)54(51(49)39-21-9-3-10-22-39)41-29-33-43(34-30-41)56-53-57-44-35-31-42(32-36-44)55-48-28-16-14-26-46(48)50(38-19-7-2-8-20-38)52(55)40-23-11-4-12-24-40/h1-36H. The van der Waals surface area contributed by atoms with Crippen molar-refractivity contribution in [2.75, 3.05) is 0 Å². The highest BCUT2D eigenvalue weighted by atomic mass is 16.6. The Hall–Kier alpha value is -7.50. The fraction of sp³-hybridized carbons (Fsp3) is 0. The van der Waals surface area contributed by atoms with Crippen molar-refractivity contribution in [2.45, 2.75) is 0 Å². The number of hydrogen-bond acceptors (Lipinski definition) is 2. The lowest BCUT2D eigenvalue weighted by atomic mass is 9.98. The zero-order valence-corrected chi connectivity index (χ0v) is 31.1. The van der Waals surface area contributed by atoms with Gasteiger partial charge in [-0.1, -0.05) is 158 Å². The number of aromatic nitrogens is 2. The van der Waals surface area contributed by atoms with Crippen molar-refractivity contribution >= 4 is 29.5 Å². The van der Waals surface area contributed by atoms with Gasteiger partial charge in [-0.05, 0) is 82.9 Å². The first kappa shape index (κ1) is 34.0. The van der Waals surface area contributed by atoms with Gasteiger partial charge in [0.1, 0.15) is 11.5 Å². The van der Waals surface area contributed by atoms with Gasteiger partial charge in [-0.2, -0.15) is 0 Å². The van der Waals surface area contributed by atoms with E-state index >= 15 is 0 Å². The van der Waals surface area contributed by atoms with Gasteiger partial charge in [-0.25, -0.2) is 0 Å². The van der Waals surface area contributed by atoms with Gasteiger partial charge in [0.05, 0.1) is 22.4 Å². The molecule has 8 aromatic carbocycles. The summed E-state index contributed by atoms with van der Waals surface area (Å²) in [4.78, 5) is 0. The third kappa shape index (κ3) is 6.35. The SMILES string of the molecule is [B](Oc1ccc(-n2c(-c3ccccc3)c(-c3ccccc3)c3ccccc32)cc1)Oc1ccc(-n2c(-c3ccccc3)c(-c3ccccc3)c3ccccc32)cc1. The van der Waals surface area contributed by atoms with E-state index in [0.717, 1.165) is 44.9 Å². The Kier molecular flexibility index (Phi) is 8.94. The lowest BCUT2D eigenvalue weighted by Crippen LogP contribution is -2.11. The van der Waals surface area contributed by atoms with Crippen LogP contribution in [0.3, 0.4) is 0 Å². The molecule has 0 aliphatic carbocycles. The number of para-hydroxylation sites is 2. The molecule has 0 atom stereocenters. The van der Waals surface area contributed by atoms with E-state index in [1.807, 2.05) is 24.3 Å². The second-order valence-corrected chi connectivity index (χ2v) is 13.9. The predicted molar refractivity (Wildman–Crippen MR) is 235 cm³/mol. The quantitative estimate of drug-likeness (QED) is 0.131. The molecule has 0 aliphatic rings. The summed E-state index contributed by atoms with van der Waals surface area (Å²) < 4.78 is 16.7. The fourth-order valence-electron chi connectivity index (χ4n) is 8.03. The van der Waals surface area contributed by atoms with E-state index in [9.17, 15) is 0 Å². The first-order valence-corrected chi connectivity index (χ1v) is 19.2. The zero-order chi connectivity index (χ0) is 38.0. The Morgan fingerprint density at radius 3 is 0.982 bits per heavy atom. The Morgan fingerprint density at radius 1 is 0.298 bits per heavy atom. The molecule has 0 amide bonds. The molecule has 57 heavy (non-hydrogen) atoms. The average molecular weight is 732 g/mol. The summed E-state index contributed by atoms with van der Waals surface area (Å²) in [5.74, 6) is 1.35. The number of hydrogen-bond donors (Lipinski definition) is 0. The van der Waals surface area contributed by atoms with Crippen LogP contribution in [0.25, 0.3) is 77.9 Å². The van der Waals surface area contributed by atoms with Crippen LogP contribution in [0.1, 0.15) is 0 Å². The smallest absolute Gasteiger partial charge is 0.526 e. The molecule has 5 heteroatoms. The molecule has 269 valence electrons. The van der Waals surface area contributed by atoms with Crippen LogP contribution in [-0.4, -0.2) is 16.8 Å². The third-order valence-corrected chi connectivity index (χ3v) is 10.5. The minimum atomic E-state index is 0.677. The molecule has 4 nitrogen and oxygen atoms in total. The van der Waals surface area contributed by atoms with Crippen LogP contribution in [0.4, 0.5) is 0 Å². The highest BCUT2D eigenvalue weighted by Crippen LogP contribution is 2.44. The molecule has 0 unspecified atom stereocenters. The molecule has 1 radical (unpaired) electrons. The highest BCUT2D eigenvalue weighted by Gasteiger charge is 2.22. The maximum absolute atomic E-state index is 6.02. The van der Waals surface area contributed by atoms with Crippen LogP contribution in [0.15, 0.2) is 218 Å². The van der Waals surface area contributed by atoms with E-state index in [1.165, 1.54) is 40.7 Å². The molecule has 10 aromatic rings. The van der Waals surface area contributed by atoms with Gasteiger partial charge < -0.3 is 18.4 Å². The molecule has 10 rings (SSSR count). The summed E-state index contributed by atoms with van der Waals surface area (Å²) in [5.41, 5.74) is 13.7. The summed E-state index contributed by atoms with van der Waals surface area (Å²) >= 11 is 0. The first-order valence-electron chi connectivity index (χ1n) is 19.2. The lowest BCUT2D eigenvalue weighted by molar-refractivity contribution is 0.459. The van der Waals surface area contributed by atoms with Gasteiger partial charge in [0.25, 0.3) is 0 Å². The summed E-state index contributed by atoms with van der Waals surface area (Å²) in [5, 5.41) is 2.40. The second kappa shape index (κ2) is 15.0. The van der Waals surface area contributed by atoms with Gasteiger partial charge in [-0.3, -0.25) is 0 Å². The minimum Gasteiger partial charge on any atom is -0.526 e. The minimum absolute atomic E-state index is 0.677. The van der Waals surface area contributed by atoms with Crippen molar-refractivity contribution in [2.24, 2.45) is 0 Å². The normalized spacial score (nSPS) is 11.2. The van der Waals surface area contributed by atoms with Crippen LogP contribution in [0.2, 0.25) is 0 Å². The van der Waals surface area contributed by atoms with Crippen LogP contribution in [-0.2, 0) is 0 Å². The van der Waals surface area contributed by atoms with Gasteiger partial charge in [0, 0.05) is 33.3 Å². The number of fused-ring (bicyclic) bond motifs is 2. The van der Waals surface area contributed by atoms with Crippen molar-refractivity contribution in [3.05, 3.63) is 218 Å². The number of benzene rings is 8. The predicted octanol–water partition coefficient (Wildman–Crippen LogP) is 13.2. The van der Waals surface area contributed by atoms with Gasteiger partial charge in [0.2, 0.25) is 0 Å². The molecule has 0 spiro atoms. The molecule has 0 saturated heterocycles. The molecule has 0 fully saturated rings. The highest BCUT2D eigenvalue weighted by molar-refractivity contribution is 6.20. The van der Waals surface area contributed by atoms with Gasteiger partial charge >= 0.3 is 7.69 Å². The maximum Gasteiger partial charge on any atom is 0.658 e. The molecule has 2 heterocycles. The monoisotopic (exact) mass is 731 g/mol. The molecule has 2 aromatic heterocycles. The second-order valence-electron chi connectivity index (χ2n) is 13.9. The number of rotatable bonds is 10. The Labute approximate surface area is 332 Å². The van der Waals surface area contributed by atoms with Crippen molar-refractivity contribution < 1.29 is 9.31 Å². The molecule has 0 bridgehead atoms. The van der Waals surface area contributed by atoms with Crippen molar-refractivity contribution in [1.82, 2.24) is 9.13 Å². The molecular formula is C52H36BN2O2. The largest absolute Gasteiger partial charge is 0.658 e. The summed E-state index contributed by atoms with van der Waals surface area (Å²) in [7, 11) is 1.39. The van der Waals surface area contributed by atoms with Crippen molar-refractivity contribution in [1.29, 1.82) is 0 Å². The van der Waals surface area contributed by atoms with Gasteiger partial charge in [-0.15, -0.1) is 0 Å². The topological polar surface area (TPSA) is 28.3 Å². The Balaban J connectivity index is 0.924. The Morgan fingerprint density at radius 2 is 0.614 bits per heavy atom. The summed E-state index contributed by atoms with van der Waals surface area (Å²) in [6, 6.07) is 76.0. The van der Waals surface area contributed by atoms with Crippen molar-refractivity contribution in [3.8, 4) is 67.6 Å². The molecular weight excluding hydrogens is 695 g/mol. The van der Waals surface area contributed by atoms with E-state index in [2.05, 4.69) is 203 Å². The van der Waals surface area contributed by atoms with E-state index in [0.29, 0.717) is 11.5 Å². The molecule has 0 saturated carbocycles. The fourth-order valence-corrected chi connectivity index (χ4v) is 8.03. The van der Waals surface area contributed by atoms with E-state index in [1.54, 1.807) is 0 Å². The van der Waals surface area contributed by atoms with E-state index < -0.39 is 0 Å².